The van der Waals surface area contributed by atoms with Crippen LogP contribution >= 0.6 is 15.9 Å². The van der Waals surface area contributed by atoms with E-state index in [0.29, 0.717) is 6.04 Å². The van der Waals surface area contributed by atoms with Crippen LogP contribution in [-0.4, -0.2) is 17.3 Å². The number of hydrogen-bond donors (Lipinski definition) is 0. The van der Waals surface area contributed by atoms with Gasteiger partial charge in [0, 0.05) is 17.4 Å². The number of hydrogen-bond acceptors (Lipinski definition) is 2. The van der Waals surface area contributed by atoms with Gasteiger partial charge in [0.1, 0.15) is 5.84 Å². The monoisotopic (exact) mass is 382 g/mol. The first-order chi connectivity index (χ1) is 11.8. The lowest BCUT2D eigenvalue weighted by molar-refractivity contribution is 0.293. The Morgan fingerprint density at radius 1 is 1.17 bits per heavy atom. The first kappa shape index (κ1) is 15.9. The van der Waals surface area contributed by atoms with Gasteiger partial charge in [-0.1, -0.05) is 53.5 Å². The van der Waals surface area contributed by atoms with Crippen LogP contribution in [0.2, 0.25) is 0 Å². The summed E-state index contributed by atoms with van der Waals surface area (Å²) in [5.74, 6) is 1.28. The molecule has 0 saturated heterocycles. The summed E-state index contributed by atoms with van der Waals surface area (Å²) in [7, 11) is 0. The maximum absolute atomic E-state index is 5.10. The molecule has 2 nitrogen and oxygen atoms in total. The molecule has 0 aromatic heterocycles. The molecule has 0 radical (unpaired) electrons. The van der Waals surface area contributed by atoms with Gasteiger partial charge < -0.3 is 4.90 Å². The molecule has 0 N–H and O–H groups in total. The van der Waals surface area contributed by atoms with E-state index in [0.717, 1.165) is 36.0 Å². The number of nitrogens with zero attached hydrogens (tertiary/aromatic N) is 2. The summed E-state index contributed by atoms with van der Waals surface area (Å²) in [6, 6.07) is 15.9. The summed E-state index contributed by atoms with van der Waals surface area (Å²) < 4.78 is 1.14. The molecule has 0 aliphatic carbocycles. The summed E-state index contributed by atoms with van der Waals surface area (Å²) >= 11 is 3.63. The zero-order valence-electron chi connectivity index (χ0n) is 14.1. The smallest absolute Gasteiger partial charge is 0.105 e. The van der Waals surface area contributed by atoms with Gasteiger partial charge >= 0.3 is 0 Å². The number of halogens is 1. The van der Waals surface area contributed by atoms with Crippen molar-refractivity contribution in [2.24, 2.45) is 4.99 Å². The van der Waals surface area contributed by atoms with Crippen molar-refractivity contribution in [2.45, 2.75) is 45.1 Å². The zero-order chi connectivity index (χ0) is 16.5. The molecule has 124 valence electrons. The number of rotatable bonds is 3. The molecule has 4 rings (SSSR count). The Bertz CT molecular complexity index is 781. The molecule has 1 unspecified atom stereocenters. The number of unbranched alkanes of at least 4 members (excludes halogenated alkanes) is 1. The van der Waals surface area contributed by atoms with Gasteiger partial charge in [0.15, 0.2) is 0 Å². The predicted octanol–water partition coefficient (Wildman–Crippen LogP) is 5.82. The van der Waals surface area contributed by atoms with Crippen LogP contribution in [0.3, 0.4) is 0 Å². The van der Waals surface area contributed by atoms with Gasteiger partial charge in [-0.15, -0.1) is 0 Å². The van der Waals surface area contributed by atoms with Gasteiger partial charge in [-0.2, -0.15) is 0 Å². The molecule has 2 aliphatic rings. The van der Waals surface area contributed by atoms with Crippen molar-refractivity contribution in [3.05, 3.63) is 63.6 Å². The molecule has 0 bridgehead atoms. The number of amidine groups is 1. The van der Waals surface area contributed by atoms with Gasteiger partial charge in [-0.05, 0) is 54.2 Å². The maximum atomic E-state index is 5.10. The third kappa shape index (κ3) is 2.90. The summed E-state index contributed by atoms with van der Waals surface area (Å²) in [5, 5.41) is 0. The van der Waals surface area contributed by atoms with Crippen molar-refractivity contribution in [1.29, 1.82) is 0 Å². The highest BCUT2D eigenvalue weighted by Crippen LogP contribution is 2.39. The molecule has 0 amide bonds. The lowest BCUT2D eigenvalue weighted by atomic mass is 9.88. The summed E-state index contributed by atoms with van der Waals surface area (Å²) in [4.78, 5) is 7.67. The van der Waals surface area contributed by atoms with E-state index >= 15 is 0 Å². The van der Waals surface area contributed by atoms with E-state index in [4.69, 9.17) is 4.99 Å². The minimum absolute atomic E-state index is 0.418. The van der Waals surface area contributed by atoms with Crippen molar-refractivity contribution in [3.63, 3.8) is 0 Å². The van der Waals surface area contributed by atoms with E-state index in [-0.39, 0.29) is 0 Å². The normalized spacial score (nSPS) is 19.0. The molecule has 0 saturated carbocycles. The van der Waals surface area contributed by atoms with Crippen LogP contribution in [0.4, 0.5) is 5.69 Å². The fraction of sp³-hybridized carbons (Fsp3) is 0.381. The summed E-state index contributed by atoms with van der Waals surface area (Å²) in [6.45, 7) is 3.34. The third-order valence-corrected chi connectivity index (χ3v) is 5.70. The first-order valence-corrected chi connectivity index (χ1v) is 9.76. The van der Waals surface area contributed by atoms with Crippen molar-refractivity contribution in [3.8, 4) is 0 Å². The molecule has 3 heteroatoms. The SMILES string of the molecule is CCCCC1=Nc2ccc(Br)cc2CC2c3ccccc3CCN12. The second-order valence-corrected chi connectivity index (χ2v) is 7.68. The average Bonchev–Trinajstić information content (AvgIpc) is 2.76. The number of fused-ring (bicyclic) bond motifs is 4. The van der Waals surface area contributed by atoms with Crippen molar-refractivity contribution >= 4 is 27.5 Å². The Labute approximate surface area is 152 Å². The van der Waals surface area contributed by atoms with Crippen LogP contribution in [-0.2, 0) is 12.8 Å². The maximum Gasteiger partial charge on any atom is 0.105 e. The minimum atomic E-state index is 0.418. The van der Waals surface area contributed by atoms with E-state index in [1.54, 1.807) is 0 Å². The Morgan fingerprint density at radius 2 is 2.04 bits per heavy atom. The fourth-order valence-corrected chi connectivity index (χ4v) is 4.36. The molecular formula is C21H23BrN2. The second kappa shape index (κ2) is 6.72. The third-order valence-electron chi connectivity index (χ3n) is 5.20. The van der Waals surface area contributed by atoms with Crippen LogP contribution < -0.4 is 0 Å². The molecule has 0 spiro atoms. The van der Waals surface area contributed by atoms with Gasteiger partial charge in [0.25, 0.3) is 0 Å². The molecule has 24 heavy (non-hydrogen) atoms. The van der Waals surface area contributed by atoms with Crippen molar-refractivity contribution in [1.82, 2.24) is 4.90 Å². The Kier molecular flexibility index (Phi) is 4.45. The Hall–Kier alpha value is -1.61. The summed E-state index contributed by atoms with van der Waals surface area (Å²) in [5.41, 5.74) is 5.49. The number of benzene rings is 2. The molecular weight excluding hydrogens is 360 g/mol. The Balaban J connectivity index is 1.81. The van der Waals surface area contributed by atoms with Crippen LogP contribution in [0.15, 0.2) is 51.9 Å². The molecule has 2 aromatic carbocycles. The highest BCUT2D eigenvalue weighted by molar-refractivity contribution is 9.10. The van der Waals surface area contributed by atoms with E-state index in [9.17, 15) is 0 Å². The quantitative estimate of drug-likeness (QED) is 0.652. The average molecular weight is 383 g/mol. The number of aliphatic imine (C=N–C) groups is 1. The van der Waals surface area contributed by atoms with E-state index in [1.807, 2.05) is 0 Å². The highest BCUT2D eigenvalue weighted by atomic mass is 79.9. The summed E-state index contributed by atoms with van der Waals surface area (Å²) in [6.07, 6.45) is 5.64. The molecule has 2 aromatic rings. The van der Waals surface area contributed by atoms with Gasteiger partial charge in [-0.25, -0.2) is 4.99 Å². The van der Waals surface area contributed by atoms with Crippen LogP contribution in [0, 0.1) is 0 Å². The van der Waals surface area contributed by atoms with Crippen molar-refractivity contribution < 1.29 is 0 Å². The van der Waals surface area contributed by atoms with E-state index in [2.05, 4.69) is 70.2 Å². The predicted molar refractivity (Wildman–Crippen MR) is 104 cm³/mol. The van der Waals surface area contributed by atoms with Crippen LogP contribution in [0.5, 0.6) is 0 Å². The zero-order valence-corrected chi connectivity index (χ0v) is 15.7. The molecule has 0 fully saturated rings. The van der Waals surface area contributed by atoms with Crippen LogP contribution in [0.1, 0.15) is 48.9 Å². The highest BCUT2D eigenvalue weighted by Gasteiger charge is 2.31. The standard InChI is InChI=1S/C21H23BrN2/c1-2-3-8-21-23-19-10-9-17(22)13-16(19)14-20-18-7-5-4-6-15(18)11-12-24(20)21/h4-7,9-10,13,20H,2-3,8,11-12,14H2,1H3. The van der Waals surface area contributed by atoms with E-state index < -0.39 is 0 Å². The second-order valence-electron chi connectivity index (χ2n) is 6.77. The Morgan fingerprint density at radius 3 is 2.92 bits per heavy atom. The molecule has 2 aliphatic heterocycles. The lowest BCUT2D eigenvalue weighted by Gasteiger charge is -2.38. The topological polar surface area (TPSA) is 15.6 Å². The molecule has 2 heterocycles. The fourth-order valence-electron chi connectivity index (χ4n) is 3.95. The minimum Gasteiger partial charge on any atom is -0.352 e. The lowest BCUT2D eigenvalue weighted by Crippen LogP contribution is -2.40. The molecule has 1 atom stereocenters. The van der Waals surface area contributed by atoms with Gasteiger partial charge in [0.2, 0.25) is 0 Å². The largest absolute Gasteiger partial charge is 0.352 e. The van der Waals surface area contributed by atoms with Gasteiger partial charge in [0.05, 0.1) is 11.7 Å². The van der Waals surface area contributed by atoms with Crippen molar-refractivity contribution in [2.75, 3.05) is 6.54 Å². The van der Waals surface area contributed by atoms with Gasteiger partial charge in [-0.3, -0.25) is 0 Å². The van der Waals surface area contributed by atoms with Crippen LogP contribution in [0.25, 0.3) is 0 Å². The van der Waals surface area contributed by atoms with E-state index in [1.165, 1.54) is 35.4 Å². The first-order valence-electron chi connectivity index (χ1n) is 8.96.